The van der Waals surface area contributed by atoms with E-state index in [1.807, 2.05) is 37.3 Å². The molecular formula is C16H20ClNO3. The molecule has 0 aliphatic carbocycles. The molecule has 0 fully saturated rings. The molecule has 2 N–H and O–H groups in total. The third-order valence-electron chi connectivity index (χ3n) is 3.08. The van der Waals surface area contributed by atoms with Crippen LogP contribution in [-0.2, 0) is 11.3 Å². The van der Waals surface area contributed by atoms with Gasteiger partial charge in [0.25, 0.3) is 0 Å². The van der Waals surface area contributed by atoms with Crippen molar-refractivity contribution in [2.24, 2.45) is 0 Å². The summed E-state index contributed by atoms with van der Waals surface area (Å²) in [6.07, 6.45) is 0. The van der Waals surface area contributed by atoms with Crippen LogP contribution in [0.2, 0.25) is 5.02 Å². The van der Waals surface area contributed by atoms with Crippen molar-refractivity contribution in [3.8, 4) is 11.3 Å². The van der Waals surface area contributed by atoms with Gasteiger partial charge in [-0.05, 0) is 30.7 Å². The van der Waals surface area contributed by atoms with E-state index in [0.717, 1.165) is 27.7 Å². The van der Waals surface area contributed by atoms with Crippen molar-refractivity contribution in [1.82, 2.24) is 5.32 Å². The van der Waals surface area contributed by atoms with Crippen molar-refractivity contribution in [3.63, 3.8) is 0 Å². The van der Waals surface area contributed by atoms with E-state index < -0.39 is 0 Å². The molecule has 0 unspecified atom stereocenters. The number of aliphatic hydroxyl groups is 1. The zero-order valence-electron chi connectivity index (χ0n) is 12.1. The number of aliphatic hydroxyl groups excluding tert-OH is 1. The minimum Gasteiger partial charge on any atom is -0.460 e. The van der Waals surface area contributed by atoms with Gasteiger partial charge in [0.2, 0.25) is 0 Å². The van der Waals surface area contributed by atoms with E-state index in [0.29, 0.717) is 26.3 Å². The number of aryl methyl sites for hydroxylation is 1. The van der Waals surface area contributed by atoms with Gasteiger partial charge in [-0.3, -0.25) is 0 Å². The van der Waals surface area contributed by atoms with Crippen molar-refractivity contribution in [2.45, 2.75) is 13.5 Å². The summed E-state index contributed by atoms with van der Waals surface area (Å²) in [5.41, 5.74) is 2.03. The van der Waals surface area contributed by atoms with E-state index in [4.69, 9.17) is 25.9 Å². The minimum atomic E-state index is 0.0562. The maximum absolute atomic E-state index is 8.58. The summed E-state index contributed by atoms with van der Waals surface area (Å²) in [7, 11) is 0. The molecule has 0 atom stereocenters. The molecule has 4 nitrogen and oxygen atoms in total. The molecule has 0 radical (unpaired) electrons. The van der Waals surface area contributed by atoms with Gasteiger partial charge in [0.1, 0.15) is 11.5 Å². The van der Waals surface area contributed by atoms with E-state index in [1.165, 1.54) is 0 Å². The quantitative estimate of drug-likeness (QED) is 0.736. The summed E-state index contributed by atoms with van der Waals surface area (Å²) < 4.78 is 11.0. The highest BCUT2D eigenvalue weighted by Gasteiger charge is 2.06. The second kappa shape index (κ2) is 8.20. The fourth-order valence-corrected chi connectivity index (χ4v) is 2.08. The Labute approximate surface area is 129 Å². The van der Waals surface area contributed by atoms with Gasteiger partial charge >= 0.3 is 0 Å². The summed E-state index contributed by atoms with van der Waals surface area (Å²) in [6.45, 7) is 4.33. The Kier molecular flexibility index (Phi) is 6.26. The highest BCUT2D eigenvalue weighted by molar-refractivity contribution is 6.31. The first-order chi connectivity index (χ1) is 10.2. The first kappa shape index (κ1) is 16.0. The van der Waals surface area contributed by atoms with Crippen LogP contribution in [0.25, 0.3) is 11.3 Å². The molecular weight excluding hydrogens is 290 g/mol. The lowest BCUT2D eigenvalue weighted by molar-refractivity contribution is 0.0936. The normalized spacial score (nSPS) is 11.0. The number of hydrogen-bond acceptors (Lipinski definition) is 4. The van der Waals surface area contributed by atoms with Gasteiger partial charge in [0.15, 0.2) is 0 Å². The van der Waals surface area contributed by atoms with Crippen LogP contribution in [0, 0.1) is 6.92 Å². The molecule has 0 amide bonds. The number of nitrogens with one attached hydrogen (secondary N) is 1. The third kappa shape index (κ3) is 4.86. The lowest BCUT2D eigenvalue weighted by atomic mass is 10.1. The summed E-state index contributed by atoms with van der Waals surface area (Å²) in [5.74, 6) is 1.68. The number of benzene rings is 1. The van der Waals surface area contributed by atoms with Crippen LogP contribution in [0.5, 0.6) is 0 Å². The average molecular weight is 310 g/mol. The Hall–Kier alpha value is -1.33. The van der Waals surface area contributed by atoms with Crippen LogP contribution in [0.4, 0.5) is 0 Å². The molecule has 2 rings (SSSR count). The van der Waals surface area contributed by atoms with Crippen molar-refractivity contribution in [3.05, 3.63) is 46.7 Å². The lowest BCUT2D eigenvalue weighted by Crippen LogP contribution is -2.19. The molecule has 0 aliphatic rings. The van der Waals surface area contributed by atoms with Gasteiger partial charge in [0, 0.05) is 17.1 Å². The van der Waals surface area contributed by atoms with Crippen LogP contribution >= 0.6 is 11.6 Å². The summed E-state index contributed by atoms with van der Waals surface area (Å²) in [6, 6.07) is 9.79. The van der Waals surface area contributed by atoms with Crippen LogP contribution < -0.4 is 5.32 Å². The molecule has 0 saturated heterocycles. The number of rotatable bonds is 8. The Bertz CT molecular complexity index is 568. The molecule has 1 aromatic carbocycles. The van der Waals surface area contributed by atoms with Crippen molar-refractivity contribution in [2.75, 3.05) is 26.4 Å². The smallest absolute Gasteiger partial charge is 0.134 e. The SMILES string of the molecule is Cc1ccc(-c2ccc(CNCCOCCO)o2)cc1Cl. The molecule has 0 bridgehead atoms. The lowest BCUT2D eigenvalue weighted by Gasteiger charge is -2.04. The van der Waals surface area contributed by atoms with Gasteiger partial charge < -0.3 is 19.6 Å². The van der Waals surface area contributed by atoms with Crippen molar-refractivity contribution >= 4 is 11.6 Å². The molecule has 0 spiro atoms. The summed E-state index contributed by atoms with van der Waals surface area (Å²) >= 11 is 6.13. The topological polar surface area (TPSA) is 54.6 Å². The Morgan fingerprint density at radius 1 is 1.24 bits per heavy atom. The van der Waals surface area contributed by atoms with E-state index in [9.17, 15) is 0 Å². The first-order valence-electron chi connectivity index (χ1n) is 6.95. The maximum Gasteiger partial charge on any atom is 0.134 e. The van der Waals surface area contributed by atoms with Gasteiger partial charge in [0.05, 0.1) is 26.4 Å². The molecule has 5 heteroatoms. The van der Waals surface area contributed by atoms with Crippen LogP contribution in [0.15, 0.2) is 34.7 Å². The average Bonchev–Trinajstić information content (AvgIpc) is 2.94. The highest BCUT2D eigenvalue weighted by Crippen LogP contribution is 2.26. The number of halogens is 1. The molecule has 2 aromatic rings. The summed E-state index contributed by atoms with van der Waals surface area (Å²) in [4.78, 5) is 0. The molecule has 0 saturated carbocycles. The zero-order chi connectivity index (χ0) is 15.1. The van der Waals surface area contributed by atoms with Crippen molar-refractivity contribution in [1.29, 1.82) is 0 Å². The van der Waals surface area contributed by atoms with Crippen LogP contribution in [-0.4, -0.2) is 31.5 Å². The van der Waals surface area contributed by atoms with Gasteiger partial charge in [-0.25, -0.2) is 0 Å². The Balaban J connectivity index is 1.85. The first-order valence-corrected chi connectivity index (χ1v) is 7.33. The van der Waals surface area contributed by atoms with E-state index in [1.54, 1.807) is 0 Å². The predicted octanol–water partition coefficient (Wildman–Crippen LogP) is 3.01. The molecule has 114 valence electrons. The molecule has 1 aromatic heterocycles. The fraction of sp³-hybridized carbons (Fsp3) is 0.375. The summed E-state index contributed by atoms with van der Waals surface area (Å²) in [5, 5.41) is 12.5. The van der Waals surface area contributed by atoms with Crippen LogP contribution in [0.1, 0.15) is 11.3 Å². The van der Waals surface area contributed by atoms with E-state index in [2.05, 4.69) is 5.32 Å². The minimum absolute atomic E-state index is 0.0562. The maximum atomic E-state index is 8.58. The Morgan fingerprint density at radius 2 is 2.10 bits per heavy atom. The standard InChI is InChI=1S/C16H20ClNO3/c1-12-2-3-13(10-15(12)17)16-5-4-14(21-16)11-18-6-8-20-9-7-19/h2-5,10,18-19H,6-9,11H2,1H3. The van der Waals surface area contributed by atoms with Crippen LogP contribution in [0.3, 0.4) is 0 Å². The molecule has 21 heavy (non-hydrogen) atoms. The number of ether oxygens (including phenoxy) is 1. The van der Waals surface area contributed by atoms with Gasteiger partial charge in [-0.1, -0.05) is 23.7 Å². The molecule has 0 aliphatic heterocycles. The second-order valence-electron chi connectivity index (χ2n) is 4.74. The number of furan rings is 1. The van der Waals surface area contributed by atoms with E-state index >= 15 is 0 Å². The largest absolute Gasteiger partial charge is 0.460 e. The number of hydrogen-bond donors (Lipinski definition) is 2. The van der Waals surface area contributed by atoms with Gasteiger partial charge in [-0.2, -0.15) is 0 Å². The Morgan fingerprint density at radius 3 is 2.86 bits per heavy atom. The molecule has 1 heterocycles. The predicted molar refractivity (Wildman–Crippen MR) is 83.5 cm³/mol. The van der Waals surface area contributed by atoms with Gasteiger partial charge in [-0.15, -0.1) is 0 Å². The second-order valence-corrected chi connectivity index (χ2v) is 5.15. The fourth-order valence-electron chi connectivity index (χ4n) is 1.90. The zero-order valence-corrected chi connectivity index (χ0v) is 12.8. The monoisotopic (exact) mass is 309 g/mol. The van der Waals surface area contributed by atoms with E-state index in [-0.39, 0.29) is 6.61 Å². The van der Waals surface area contributed by atoms with Crippen molar-refractivity contribution < 1.29 is 14.3 Å². The highest BCUT2D eigenvalue weighted by atomic mass is 35.5. The third-order valence-corrected chi connectivity index (χ3v) is 3.48.